The lowest BCUT2D eigenvalue weighted by Crippen LogP contribution is -2.65. The van der Waals surface area contributed by atoms with Crippen molar-refractivity contribution < 1.29 is 9.59 Å². The number of nitrogens with one attached hydrogen (secondary N) is 1. The fraction of sp³-hybridized carbons (Fsp3) is 0.529. The van der Waals surface area contributed by atoms with Gasteiger partial charge in [0, 0.05) is 32.7 Å². The van der Waals surface area contributed by atoms with Gasteiger partial charge in [-0.15, -0.1) is 0 Å². The van der Waals surface area contributed by atoms with Gasteiger partial charge in [0.2, 0.25) is 0 Å². The SMILES string of the molecule is Cc1cc(C)c(CN2CCN3C(=O)C(=O)NC[C@@H]3C2)cc1C. The highest BCUT2D eigenvalue weighted by Crippen LogP contribution is 2.20. The molecule has 2 saturated heterocycles. The van der Waals surface area contributed by atoms with E-state index < -0.39 is 5.91 Å². The Morgan fingerprint density at radius 3 is 2.59 bits per heavy atom. The summed E-state index contributed by atoms with van der Waals surface area (Å²) in [5.41, 5.74) is 5.31. The first kappa shape index (κ1) is 15.0. The minimum atomic E-state index is -0.463. The highest BCUT2D eigenvalue weighted by Gasteiger charge is 2.37. The van der Waals surface area contributed by atoms with Gasteiger partial charge < -0.3 is 10.2 Å². The van der Waals surface area contributed by atoms with Crippen molar-refractivity contribution in [2.24, 2.45) is 0 Å². The molecule has 0 aromatic heterocycles. The summed E-state index contributed by atoms with van der Waals surface area (Å²) in [6, 6.07) is 4.61. The second-order valence-electron chi connectivity index (χ2n) is 6.46. The number of hydrogen-bond acceptors (Lipinski definition) is 3. The first-order valence-corrected chi connectivity index (χ1v) is 7.83. The van der Waals surface area contributed by atoms with E-state index in [4.69, 9.17) is 0 Å². The van der Waals surface area contributed by atoms with Gasteiger partial charge in [-0.3, -0.25) is 14.5 Å². The largest absolute Gasteiger partial charge is 0.346 e. The molecule has 0 saturated carbocycles. The molecule has 1 N–H and O–H groups in total. The Bertz CT molecular complexity index is 627. The second-order valence-corrected chi connectivity index (χ2v) is 6.46. The van der Waals surface area contributed by atoms with Gasteiger partial charge in [0.15, 0.2) is 0 Å². The second kappa shape index (κ2) is 5.72. The van der Waals surface area contributed by atoms with Crippen LogP contribution in [0.1, 0.15) is 22.3 Å². The number of amides is 2. The number of carbonyl (C=O) groups excluding carboxylic acids is 2. The Labute approximate surface area is 131 Å². The summed E-state index contributed by atoms with van der Waals surface area (Å²) in [7, 11) is 0. The van der Waals surface area contributed by atoms with E-state index in [1.54, 1.807) is 4.90 Å². The van der Waals surface area contributed by atoms with Crippen molar-refractivity contribution in [2.75, 3.05) is 26.2 Å². The Kier molecular flexibility index (Phi) is 3.91. The standard InChI is InChI=1S/C17H23N3O2/c1-11-6-13(3)14(7-12(11)2)9-19-4-5-20-15(10-19)8-18-16(21)17(20)22/h6-7,15H,4-5,8-10H2,1-3H3,(H,18,21)/t15-/m1/s1. The van der Waals surface area contributed by atoms with Crippen LogP contribution < -0.4 is 5.32 Å². The number of rotatable bonds is 2. The molecular weight excluding hydrogens is 278 g/mol. The topological polar surface area (TPSA) is 52.7 Å². The van der Waals surface area contributed by atoms with E-state index in [0.29, 0.717) is 13.1 Å². The fourth-order valence-corrected chi connectivity index (χ4v) is 3.35. The molecule has 0 radical (unpaired) electrons. The van der Waals surface area contributed by atoms with Crippen LogP contribution in [0.2, 0.25) is 0 Å². The van der Waals surface area contributed by atoms with Crippen molar-refractivity contribution in [1.29, 1.82) is 0 Å². The number of carbonyl (C=O) groups is 2. The third kappa shape index (κ3) is 2.73. The first-order valence-electron chi connectivity index (χ1n) is 7.83. The Hall–Kier alpha value is -1.88. The molecule has 5 nitrogen and oxygen atoms in total. The fourth-order valence-electron chi connectivity index (χ4n) is 3.35. The van der Waals surface area contributed by atoms with E-state index in [-0.39, 0.29) is 11.9 Å². The molecule has 118 valence electrons. The normalized spacial score (nSPS) is 22.5. The Morgan fingerprint density at radius 1 is 1.09 bits per heavy atom. The average molecular weight is 301 g/mol. The lowest BCUT2D eigenvalue weighted by Gasteiger charge is -2.43. The zero-order chi connectivity index (χ0) is 15.9. The van der Waals surface area contributed by atoms with Gasteiger partial charge in [-0.1, -0.05) is 12.1 Å². The van der Waals surface area contributed by atoms with E-state index in [2.05, 4.69) is 43.1 Å². The van der Waals surface area contributed by atoms with E-state index >= 15 is 0 Å². The van der Waals surface area contributed by atoms with E-state index in [9.17, 15) is 9.59 Å². The van der Waals surface area contributed by atoms with Gasteiger partial charge in [-0.05, 0) is 43.0 Å². The summed E-state index contributed by atoms with van der Waals surface area (Å²) < 4.78 is 0. The van der Waals surface area contributed by atoms with Gasteiger partial charge in [0.1, 0.15) is 0 Å². The molecule has 2 aliphatic heterocycles. The van der Waals surface area contributed by atoms with Crippen molar-refractivity contribution in [2.45, 2.75) is 33.4 Å². The summed E-state index contributed by atoms with van der Waals surface area (Å²) in [5.74, 6) is -0.840. The molecule has 2 fully saturated rings. The maximum absolute atomic E-state index is 11.9. The summed E-state index contributed by atoms with van der Waals surface area (Å²) in [5, 5.41) is 2.69. The number of piperazine rings is 2. The molecule has 0 unspecified atom stereocenters. The van der Waals surface area contributed by atoms with Crippen LogP contribution in [-0.2, 0) is 16.1 Å². The summed E-state index contributed by atoms with van der Waals surface area (Å²) in [4.78, 5) is 27.4. The molecule has 2 amide bonds. The third-order valence-corrected chi connectivity index (χ3v) is 4.87. The van der Waals surface area contributed by atoms with Crippen molar-refractivity contribution in [3.05, 3.63) is 34.4 Å². The minimum Gasteiger partial charge on any atom is -0.346 e. The number of benzene rings is 1. The molecule has 2 heterocycles. The van der Waals surface area contributed by atoms with Crippen LogP contribution in [0.4, 0.5) is 0 Å². The molecule has 1 aromatic rings. The molecule has 1 aromatic carbocycles. The molecule has 0 aliphatic carbocycles. The minimum absolute atomic E-state index is 0.103. The van der Waals surface area contributed by atoms with Gasteiger partial charge in [-0.25, -0.2) is 0 Å². The van der Waals surface area contributed by atoms with Crippen LogP contribution in [0.3, 0.4) is 0 Å². The van der Waals surface area contributed by atoms with Crippen LogP contribution in [-0.4, -0.2) is 53.8 Å². The maximum Gasteiger partial charge on any atom is 0.312 e. The van der Waals surface area contributed by atoms with Crippen LogP contribution in [0.25, 0.3) is 0 Å². The van der Waals surface area contributed by atoms with Gasteiger partial charge in [0.05, 0.1) is 6.04 Å². The molecule has 0 bridgehead atoms. The molecular formula is C17H23N3O2. The third-order valence-electron chi connectivity index (χ3n) is 4.87. The van der Waals surface area contributed by atoms with Crippen LogP contribution in [0.5, 0.6) is 0 Å². The molecule has 2 aliphatic rings. The lowest BCUT2D eigenvalue weighted by molar-refractivity contribution is -0.152. The number of nitrogens with zero attached hydrogens (tertiary/aromatic N) is 2. The van der Waals surface area contributed by atoms with Gasteiger partial charge >= 0.3 is 11.8 Å². The smallest absolute Gasteiger partial charge is 0.312 e. The number of fused-ring (bicyclic) bond motifs is 1. The molecule has 1 atom stereocenters. The summed E-state index contributed by atoms with van der Waals surface area (Å²) in [6.45, 7) is 10.2. The monoisotopic (exact) mass is 301 g/mol. The summed E-state index contributed by atoms with van der Waals surface area (Å²) in [6.07, 6.45) is 0. The average Bonchev–Trinajstić information content (AvgIpc) is 2.49. The van der Waals surface area contributed by atoms with Crippen LogP contribution >= 0.6 is 0 Å². The number of hydrogen-bond donors (Lipinski definition) is 1. The zero-order valence-electron chi connectivity index (χ0n) is 13.5. The quantitative estimate of drug-likeness (QED) is 0.820. The number of aryl methyl sites for hydroxylation is 3. The Balaban J connectivity index is 1.70. The van der Waals surface area contributed by atoms with Gasteiger partial charge in [0.25, 0.3) is 0 Å². The van der Waals surface area contributed by atoms with Crippen molar-refractivity contribution in [1.82, 2.24) is 15.1 Å². The van der Waals surface area contributed by atoms with E-state index in [0.717, 1.165) is 19.6 Å². The maximum atomic E-state index is 11.9. The van der Waals surface area contributed by atoms with E-state index in [1.165, 1.54) is 22.3 Å². The van der Waals surface area contributed by atoms with Crippen molar-refractivity contribution in [3.8, 4) is 0 Å². The predicted octanol–water partition coefficient (Wildman–Crippen LogP) is 0.754. The van der Waals surface area contributed by atoms with Crippen molar-refractivity contribution >= 4 is 11.8 Å². The predicted molar refractivity (Wildman–Crippen MR) is 84.4 cm³/mol. The highest BCUT2D eigenvalue weighted by atomic mass is 16.2. The Morgan fingerprint density at radius 2 is 1.82 bits per heavy atom. The molecule has 3 rings (SSSR count). The molecule has 22 heavy (non-hydrogen) atoms. The van der Waals surface area contributed by atoms with E-state index in [1.807, 2.05) is 0 Å². The summed E-state index contributed by atoms with van der Waals surface area (Å²) >= 11 is 0. The van der Waals surface area contributed by atoms with Crippen LogP contribution in [0, 0.1) is 20.8 Å². The molecule has 5 heteroatoms. The van der Waals surface area contributed by atoms with Gasteiger partial charge in [-0.2, -0.15) is 0 Å². The first-order chi connectivity index (χ1) is 10.5. The zero-order valence-corrected chi connectivity index (χ0v) is 13.5. The van der Waals surface area contributed by atoms with Crippen LogP contribution in [0.15, 0.2) is 12.1 Å². The molecule has 0 spiro atoms. The van der Waals surface area contributed by atoms with Crippen molar-refractivity contribution in [3.63, 3.8) is 0 Å². The highest BCUT2D eigenvalue weighted by molar-refractivity contribution is 6.35. The lowest BCUT2D eigenvalue weighted by atomic mass is 9.99.